The van der Waals surface area contributed by atoms with Crippen molar-refractivity contribution < 1.29 is 5.11 Å². The number of aliphatic hydroxyl groups is 1. The summed E-state index contributed by atoms with van der Waals surface area (Å²) in [4.78, 5) is 0. The SMILES string of the molecule is CCc1c(C)nn(C2CC(C)CCC2O)c1C. The maximum Gasteiger partial charge on any atom is 0.0783 e. The van der Waals surface area contributed by atoms with Crippen LogP contribution < -0.4 is 0 Å². The normalized spacial score (nSPS) is 29.6. The summed E-state index contributed by atoms with van der Waals surface area (Å²) in [6, 6.07) is 0.178. The van der Waals surface area contributed by atoms with Crippen molar-refractivity contribution in [1.82, 2.24) is 9.78 Å². The van der Waals surface area contributed by atoms with Gasteiger partial charge in [-0.25, -0.2) is 0 Å². The zero-order chi connectivity index (χ0) is 12.6. The highest BCUT2D eigenvalue weighted by Gasteiger charge is 2.30. The highest BCUT2D eigenvalue weighted by Crippen LogP contribution is 2.34. The molecule has 1 heterocycles. The summed E-state index contributed by atoms with van der Waals surface area (Å²) in [5.41, 5.74) is 3.70. The van der Waals surface area contributed by atoms with E-state index in [2.05, 4.69) is 37.5 Å². The third kappa shape index (κ3) is 2.25. The average Bonchev–Trinajstić information content (AvgIpc) is 2.57. The maximum atomic E-state index is 10.2. The molecule has 2 rings (SSSR count). The number of nitrogens with zero attached hydrogens (tertiary/aromatic N) is 2. The summed E-state index contributed by atoms with van der Waals surface area (Å²) in [6.45, 7) is 8.64. The number of hydrogen-bond donors (Lipinski definition) is 1. The fraction of sp³-hybridized carbons (Fsp3) is 0.786. The van der Waals surface area contributed by atoms with E-state index >= 15 is 0 Å². The molecule has 1 aromatic heterocycles. The van der Waals surface area contributed by atoms with Crippen molar-refractivity contribution in [2.45, 2.75) is 65.5 Å². The van der Waals surface area contributed by atoms with Crippen molar-refractivity contribution in [3.05, 3.63) is 17.0 Å². The predicted octanol–water partition coefficient (Wildman–Crippen LogP) is 2.78. The Morgan fingerprint density at radius 2 is 2.06 bits per heavy atom. The molecular weight excluding hydrogens is 212 g/mol. The number of aromatic nitrogens is 2. The first-order valence-corrected chi connectivity index (χ1v) is 6.77. The summed E-state index contributed by atoms with van der Waals surface area (Å²) in [5.74, 6) is 0.692. The predicted molar refractivity (Wildman–Crippen MR) is 69.1 cm³/mol. The Kier molecular flexibility index (Phi) is 3.57. The Bertz CT molecular complexity index is 397. The molecule has 1 saturated carbocycles. The summed E-state index contributed by atoms with van der Waals surface area (Å²) in [7, 11) is 0. The van der Waals surface area contributed by atoms with E-state index in [9.17, 15) is 5.11 Å². The molecule has 1 aliphatic carbocycles. The van der Waals surface area contributed by atoms with E-state index in [-0.39, 0.29) is 12.1 Å². The van der Waals surface area contributed by atoms with Crippen molar-refractivity contribution >= 4 is 0 Å². The van der Waals surface area contributed by atoms with Crippen LogP contribution in [0.15, 0.2) is 0 Å². The fourth-order valence-corrected chi connectivity index (χ4v) is 3.13. The lowest BCUT2D eigenvalue weighted by Gasteiger charge is -2.32. The Balaban J connectivity index is 2.32. The largest absolute Gasteiger partial charge is 0.391 e. The van der Waals surface area contributed by atoms with Gasteiger partial charge >= 0.3 is 0 Å². The highest BCUT2D eigenvalue weighted by atomic mass is 16.3. The van der Waals surface area contributed by atoms with Crippen molar-refractivity contribution in [3.8, 4) is 0 Å². The molecule has 3 heteroatoms. The molecule has 1 aliphatic rings. The maximum absolute atomic E-state index is 10.2. The van der Waals surface area contributed by atoms with Crippen LogP contribution in [0.25, 0.3) is 0 Å². The van der Waals surface area contributed by atoms with Crippen LogP contribution in [0.1, 0.15) is 56.1 Å². The van der Waals surface area contributed by atoms with Crippen LogP contribution in [-0.2, 0) is 6.42 Å². The lowest BCUT2D eigenvalue weighted by Crippen LogP contribution is -2.32. The average molecular weight is 236 g/mol. The van der Waals surface area contributed by atoms with Crippen LogP contribution in [0.4, 0.5) is 0 Å². The van der Waals surface area contributed by atoms with Crippen molar-refractivity contribution in [1.29, 1.82) is 0 Å². The summed E-state index contributed by atoms with van der Waals surface area (Å²) >= 11 is 0. The van der Waals surface area contributed by atoms with E-state index in [1.54, 1.807) is 0 Å². The van der Waals surface area contributed by atoms with Crippen molar-refractivity contribution in [2.75, 3.05) is 0 Å². The van der Waals surface area contributed by atoms with Gasteiger partial charge in [-0.2, -0.15) is 5.10 Å². The van der Waals surface area contributed by atoms with E-state index in [1.807, 2.05) is 0 Å². The Labute approximate surface area is 104 Å². The minimum absolute atomic E-state index is 0.178. The Morgan fingerprint density at radius 1 is 1.35 bits per heavy atom. The topological polar surface area (TPSA) is 38.0 Å². The third-order valence-corrected chi connectivity index (χ3v) is 4.19. The zero-order valence-electron chi connectivity index (χ0n) is 11.4. The molecule has 96 valence electrons. The lowest BCUT2D eigenvalue weighted by molar-refractivity contribution is 0.0508. The molecule has 3 nitrogen and oxygen atoms in total. The molecule has 0 aromatic carbocycles. The van der Waals surface area contributed by atoms with Crippen LogP contribution in [-0.4, -0.2) is 21.0 Å². The van der Waals surface area contributed by atoms with Gasteiger partial charge in [0.1, 0.15) is 0 Å². The second-order valence-electron chi connectivity index (χ2n) is 5.50. The van der Waals surface area contributed by atoms with Gasteiger partial charge in [0, 0.05) is 5.69 Å². The molecule has 0 spiro atoms. The van der Waals surface area contributed by atoms with E-state index in [1.165, 1.54) is 11.3 Å². The molecule has 1 N–H and O–H groups in total. The van der Waals surface area contributed by atoms with E-state index in [0.29, 0.717) is 5.92 Å². The monoisotopic (exact) mass is 236 g/mol. The molecule has 17 heavy (non-hydrogen) atoms. The fourth-order valence-electron chi connectivity index (χ4n) is 3.13. The third-order valence-electron chi connectivity index (χ3n) is 4.19. The van der Waals surface area contributed by atoms with Gasteiger partial charge in [-0.3, -0.25) is 4.68 Å². The van der Waals surface area contributed by atoms with E-state index < -0.39 is 0 Å². The molecule has 3 atom stereocenters. The van der Waals surface area contributed by atoms with Gasteiger partial charge in [-0.1, -0.05) is 13.8 Å². The first-order valence-electron chi connectivity index (χ1n) is 6.77. The summed E-state index contributed by atoms with van der Waals surface area (Å²) in [6.07, 6.45) is 3.89. The molecule has 1 aromatic rings. The standard InChI is InChI=1S/C14H24N2O/c1-5-12-10(3)15-16(11(12)4)13-8-9(2)6-7-14(13)17/h9,13-14,17H,5-8H2,1-4H3. The van der Waals surface area contributed by atoms with Gasteiger partial charge in [0.15, 0.2) is 0 Å². The second-order valence-corrected chi connectivity index (χ2v) is 5.50. The van der Waals surface area contributed by atoms with Gasteiger partial charge in [0.05, 0.1) is 17.8 Å². The van der Waals surface area contributed by atoms with Gasteiger partial charge < -0.3 is 5.11 Å². The Hall–Kier alpha value is -0.830. The van der Waals surface area contributed by atoms with Crippen LogP contribution in [0.2, 0.25) is 0 Å². The van der Waals surface area contributed by atoms with Crippen LogP contribution in [0.3, 0.4) is 0 Å². The molecule has 3 unspecified atom stereocenters. The minimum atomic E-state index is -0.228. The second kappa shape index (κ2) is 4.81. The van der Waals surface area contributed by atoms with E-state index in [0.717, 1.165) is 31.4 Å². The first kappa shape index (κ1) is 12.6. The molecule has 0 aliphatic heterocycles. The molecule has 0 radical (unpaired) electrons. The first-order chi connectivity index (χ1) is 8.04. The van der Waals surface area contributed by atoms with Gasteiger partial charge in [-0.15, -0.1) is 0 Å². The molecule has 0 saturated heterocycles. The molecule has 1 fully saturated rings. The Morgan fingerprint density at radius 3 is 2.65 bits per heavy atom. The molecule has 0 bridgehead atoms. The zero-order valence-corrected chi connectivity index (χ0v) is 11.4. The van der Waals surface area contributed by atoms with Crippen LogP contribution in [0, 0.1) is 19.8 Å². The number of aliphatic hydroxyl groups excluding tert-OH is 1. The van der Waals surface area contributed by atoms with Crippen molar-refractivity contribution in [3.63, 3.8) is 0 Å². The summed E-state index contributed by atoms with van der Waals surface area (Å²) in [5, 5.41) is 14.8. The van der Waals surface area contributed by atoms with Gasteiger partial charge in [-0.05, 0) is 51.0 Å². The smallest absolute Gasteiger partial charge is 0.0783 e. The quantitative estimate of drug-likeness (QED) is 0.857. The number of aryl methyl sites for hydroxylation is 1. The molecule has 0 amide bonds. The summed E-state index contributed by atoms with van der Waals surface area (Å²) < 4.78 is 2.08. The van der Waals surface area contributed by atoms with Gasteiger partial charge in [0.2, 0.25) is 0 Å². The van der Waals surface area contributed by atoms with Crippen LogP contribution in [0.5, 0.6) is 0 Å². The van der Waals surface area contributed by atoms with Crippen molar-refractivity contribution in [2.24, 2.45) is 5.92 Å². The number of rotatable bonds is 2. The van der Waals surface area contributed by atoms with Gasteiger partial charge in [0.25, 0.3) is 0 Å². The molecular formula is C14H24N2O. The minimum Gasteiger partial charge on any atom is -0.391 e. The highest BCUT2D eigenvalue weighted by molar-refractivity contribution is 5.25. The number of hydrogen-bond acceptors (Lipinski definition) is 2. The van der Waals surface area contributed by atoms with Crippen LogP contribution >= 0.6 is 0 Å². The van der Waals surface area contributed by atoms with E-state index in [4.69, 9.17) is 0 Å². The lowest BCUT2D eigenvalue weighted by atomic mass is 9.85.